The Morgan fingerprint density at radius 1 is 1.45 bits per heavy atom. The molecular formula is C6H13NO4. The SMILES string of the molecule is C[C@@H](O)[C@@H](O)[C@H](O)CC(N)=O. The van der Waals surface area contributed by atoms with E-state index in [1.165, 1.54) is 6.92 Å². The largest absolute Gasteiger partial charge is 0.391 e. The summed E-state index contributed by atoms with van der Waals surface area (Å²) in [6.07, 6.45) is -4.01. The van der Waals surface area contributed by atoms with Gasteiger partial charge in [-0.05, 0) is 6.92 Å². The quantitative estimate of drug-likeness (QED) is 0.383. The average Bonchev–Trinajstić information content (AvgIpc) is 1.84. The van der Waals surface area contributed by atoms with E-state index in [9.17, 15) is 4.79 Å². The zero-order chi connectivity index (χ0) is 9.02. The average molecular weight is 163 g/mol. The van der Waals surface area contributed by atoms with Gasteiger partial charge in [0, 0.05) is 0 Å². The Morgan fingerprint density at radius 3 is 2.18 bits per heavy atom. The van der Waals surface area contributed by atoms with E-state index in [4.69, 9.17) is 21.1 Å². The van der Waals surface area contributed by atoms with Crippen molar-refractivity contribution in [3.8, 4) is 0 Å². The van der Waals surface area contributed by atoms with E-state index in [-0.39, 0.29) is 6.42 Å². The number of rotatable bonds is 4. The Balaban J connectivity index is 3.82. The van der Waals surface area contributed by atoms with E-state index < -0.39 is 24.2 Å². The third kappa shape index (κ3) is 3.92. The Labute approximate surface area is 64.4 Å². The maximum atomic E-state index is 10.2. The van der Waals surface area contributed by atoms with Crippen molar-refractivity contribution in [2.75, 3.05) is 0 Å². The van der Waals surface area contributed by atoms with Crippen LogP contribution >= 0.6 is 0 Å². The van der Waals surface area contributed by atoms with Gasteiger partial charge in [-0.15, -0.1) is 0 Å². The van der Waals surface area contributed by atoms with Crippen LogP contribution in [0.1, 0.15) is 13.3 Å². The van der Waals surface area contributed by atoms with E-state index in [2.05, 4.69) is 0 Å². The highest BCUT2D eigenvalue weighted by molar-refractivity contribution is 5.74. The fourth-order valence-electron chi connectivity index (χ4n) is 0.648. The Morgan fingerprint density at radius 2 is 1.91 bits per heavy atom. The molecule has 0 radical (unpaired) electrons. The molecule has 0 aromatic heterocycles. The van der Waals surface area contributed by atoms with Crippen molar-refractivity contribution in [3.05, 3.63) is 0 Å². The molecule has 0 spiro atoms. The maximum absolute atomic E-state index is 10.2. The monoisotopic (exact) mass is 163 g/mol. The summed E-state index contributed by atoms with van der Waals surface area (Å²) in [6.45, 7) is 1.31. The van der Waals surface area contributed by atoms with Crippen LogP contribution in [0.4, 0.5) is 0 Å². The Hall–Kier alpha value is -0.650. The zero-order valence-electron chi connectivity index (χ0n) is 6.27. The highest BCUT2D eigenvalue weighted by Gasteiger charge is 2.22. The molecule has 0 aromatic rings. The van der Waals surface area contributed by atoms with Crippen LogP contribution in [0.2, 0.25) is 0 Å². The maximum Gasteiger partial charge on any atom is 0.220 e. The summed E-state index contributed by atoms with van der Waals surface area (Å²) in [7, 11) is 0. The highest BCUT2D eigenvalue weighted by Crippen LogP contribution is 2.02. The summed E-state index contributed by atoms with van der Waals surface area (Å²) in [5.41, 5.74) is 4.74. The van der Waals surface area contributed by atoms with Crippen molar-refractivity contribution in [1.29, 1.82) is 0 Å². The number of amides is 1. The number of aliphatic hydroxyl groups is 3. The van der Waals surface area contributed by atoms with E-state index in [1.807, 2.05) is 0 Å². The number of primary amides is 1. The first-order valence-electron chi connectivity index (χ1n) is 3.27. The molecule has 0 unspecified atom stereocenters. The van der Waals surface area contributed by atoms with Crippen LogP contribution in [0.5, 0.6) is 0 Å². The van der Waals surface area contributed by atoms with E-state index in [1.54, 1.807) is 0 Å². The number of carbonyl (C=O) groups excluding carboxylic acids is 1. The van der Waals surface area contributed by atoms with Crippen LogP contribution in [-0.2, 0) is 4.79 Å². The number of aliphatic hydroxyl groups excluding tert-OH is 3. The topological polar surface area (TPSA) is 104 Å². The third-order valence-corrected chi connectivity index (χ3v) is 1.30. The molecule has 0 saturated heterocycles. The van der Waals surface area contributed by atoms with Gasteiger partial charge in [-0.3, -0.25) is 4.79 Å². The van der Waals surface area contributed by atoms with Crippen LogP contribution in [0.25, 0.3) is 0 Å². The molecule has 0 aliphatic heterocycles. The molecule has 0 fully saturated rings. The molecule has 0 saturated carbocycles. The van der Waals surface area contributed by atoms with Crippen molar-refractivity contribution < 1.29 is 20.1 Å². The second-order valence-electron chi connectivity index (χ2n) is 2.47. The smallest absolute Gasteiger partial charge is 0.220 e. The van der Waals surface area contributed by atoms with Gasteiger partial charge < -0.3 is 21.1 Å². The highest BCUT2D eigenvalue weighted by atomic mass is 16.4. The van der Waals surface area contributed by atoms with Crippen LogP contribution in [0.3, 0.4) is 0 Å². The van der Waals surface area contributed by atoms with Gasteiger partial charge in [-0.1, -0.05) is 0 Å². The summed E-state index contributed by atoms with van der Waals surface area (Å²) in [6, 6.07) is 0. The lowest BCUT2D eigenvalue weighted by atomic mass is 10.1. The number of carbonyl (C=O) groups is 1. The number of nitrogens with two attached hydrogens (primary N) is 1. The van der Waals surface area contributed by atoms with Gasteiger partial charge in [-0.2, -0.15) is 0 Å². The predicted molar refractivity (Wildman–Crippen MR) is 37.5 cm³/mol. The van der Waals surface area contributed by atoms with Gasteiger partial charge in [0.25, 0.3) is 0 Å². The Bertz CT molecular complexity index is 137. The Kier molecular flexibility index (Phi) is 4.02. The van der Waals surface area contributed by atoms with Crippen molar-refractivity contribution in [2.24, 2.45) is 5.73 Å². The third-order valence-electron chi connectivity index (χ3n) is 1.30. The van der Waals surface area contributed by atoms with Gasteiger partial charge in [0.2, 0.25) is 5.91 Å². The lowest BCUT2D eigenvalue weighted by molar-refractivity contribution is -0.123. The van der Waals surface area contributed by atoms with Crippen molar-refractivity contribution in [2.45, 2.75) is 31.7 Å². The summed E-state index contributed by atoms with van der Waals surface area (Å²) >= 11 is 0. The second kappa shape index (κ2) is 4.27. The van der Waals surface area contributed by atoms with E-state index >= 15 is 0 Å². The van der Waals surface area contributed by atoms with Gasteiger partial charge in [0.1, 0.15) is 6.10 Å². The molecule has 3 atom stereocenters. The number of hydrogen-bond donors (Lipinski definition) is 4. The van der Waals surface area contributed by atoms with Crippen molar-refractivity contribution >= 4 is 5.91 Å². The first-order chi connectivity index (χ1) is 4.95. The van der Waals surface area contributed by atoms with Crippen LogP contribution < -0.4 is 5.73 Å². The fraction of sp³-hybridized carbons (Fsp3) is 0.833. The first-order valence-corrected chi connectivity index (χ1v) is 3.27. The van der Waals surface area contributed by atoms with Crippen LogP contribution in [-0.4, -0.2) is 39.5 Å². The molecule has 0 aliphatic carbocycles. The fourth-order valence-corrected chi connectivity index (χ4v) is 0.648. The summed E-state index contributed by atoms with van der Waals surface area (Å²) in [5, 5.41) is 26.6. The molecule has 0 rings (SSSR count). The molecule has 0 aliphatic rings. The van der Waals surface area contributed by atoms with Gasteiger partial charge in [-0.25, -0.2) is 0 Å². The van der Waals surface area contributed by atoms with Gasteiger partial charge >= 0.3 is 0 Å². The molecule has 5 N–H and O–H groups in total. The molecule has 0 aromatic carbocycles. The second-order valence-corrected chi connectivity index (χ2v) is 2.47. The molecule has 1 amide bonds. The predicted octanol–water partition coefficient (Wildman–Crippen LogP) is -2.04. The summed E-state index contributed by atoms with van der Waals surface area (Å²) in [5.74, 6) is -0.711. The standard InChI is InChI=1S/C6H13NO4/c1-3(8)6(11)4(9)2-5(7)10/h3-4,6,8-9,11H,2H2,1H3,(H2,7,10)/t3-,4-,6-/m1/s1. The van der Waals surface area contributed by atoms with Gasteiger partial charge in [0.05, 0.1) is 18.6 Å². The normalized spacial score (nSPS) is 18.9. The molecule has 66 valence electrons. The van der Waals surface area contributed by atoms with Crippen LogP contribution in [0, 0.1) is 0 Å². The van der Waals surface area contributed by atoms with Crippen LogP contribution in [0.15, 0.2) is 0 Å². The molecule has 0 heterocycles. The minimum absolute atomic E-state index is 0.341. The molecule has 5 heteroatoms. The number of hydrogen-bond acceptors (Lipinski definition) is 4. The lowest BCUT2D eigenvalue weighted by Gasteiger charge is -2.18. The molecule has 0 bridgehead atoms. The zero-order valence-corrected chi connectivity index (χ0v) is 6.27. The molecular weight excluding hydrogens is 150 g/mol. The van der Waals surface area contributed by atoms with E-state index in [0.717, 1.165) is 0 Å². The summed E-state index contributed by atoms with van der Waals surface area (Å²) in [4.78, 5) is 10.2. The van der Waals surface area contributed by atoms with E-state index in [0.29, 0.717) is 0 Å². The van der Waals surface area contributed by atoms with Crippen molar-refractivity contribution in [3.63, 3.8) is 0 Å². The minimum Gasteiger partial charge on any atom is -0.391 e. The molecule has 5 nitrogen and oxygen atoms in total. The summed E-state index contributed by atoms with van der Waals surface area (Å²) < 4.78 is 0. The molecule has 11 heavy (non-hydrogen) atoms. The first kappa shape index (κ1) is 10.3. The minimum atomic E-state index is -1.32. The van der Waals surface area contributed by atoms with Crippen molar-refractivity contribution in [1.82, 2.24) is 0 Å². The lowest BCUT2D eigenvalue weighted by Crippen LogP contribution is -2.38. The van der Waals surface area contributed by atoms with Gasteiger partial charge in [0.15, 0.2) is 0 Å².